The molecule has 0 fully saturated rings. The van der Waals surface area contributed by atoms with E-state index in [0.29, 0.717) is 0 Å². The zero-order chi connectivity index (χ0) is 12.8. The molecule has 0 amide bonds. The maximum atomic E-state index is 5.45. The second kappa shape index (κ2) is 6.87. The van der Waals surface area contributed by atoms with E-state index in [1.54, 1.807) is 11.3 Å². The minimum atomic E-state index is 0.847. The average molecular weight is 267 g/mol. The quantitative estimate of drug-likeness (QED) is 0.747. The van der Waals surface area contributed by atoms with Gasteiger partial charge in [0.15, 0.2) is 4.96 Å². The zero-order valence-corrected chi connectivity index (χ0v) is 11.9. The molecule has 0 aromatic carbocycles. The lowest BCUT2D eigenvalue weighted by Gasteiger charge is -2.05. The van der Waals surface area contributed by atoms with Crippen LogP contribution in [0.15, 0.2) is 11.6 Å². The van der Waals surface area contributed by atoms with Gasteiger partial charge in [0.05, 0.1) is 11.4 Å². The van der Waals surface area contributed by atoms with Crippen LogP contribution in [0.5, 0.6) is 0 Å². The fourth-order valence-corrected chi connectivity index (χ4v) is 2.68. The lowest BCUT2D eigenvalue weighted by molar-refractivity contribution is 0.132. The van der Waals surface area contributed by atoms with E-state index in [1.165, 1.54) is 5.69 Å². The van der Waals surface area contributed by atoms with E-state index in [-0.39, 0.29) is 0 Å². The minimum Gasteiger partial charge on any atom is -0.381 e. The SMILES string of the molecule is CCCOCCCNCc1c(C)nc2sccn12. The second-order valence-electron chi connectivity index (χ2n) is 4.34. The molecule has 0 atom stereocenters. The van der Waals surface area contributed by atoms with E-state index in [9.17, 15) is 0 Å². The molecule has 0 aliphatic rings. The van der Waals surface area contributed by atoms with Crippen LogP contribution in [0.2, 0.25) is 0 Å². The number of hydrogen-bond acceptors (Lipinski definition) is 4. The summed E-state index contributed by atoms with van der Waals surface area (Å²) >= 11 is 1.68. The predicted molar refractivity (Wildman–Crippen MR) is 75.2 cm³/mol. The third-order valence-electron chi connectivity index (χ3n) is 2.84. The molecule has 0 aliphatic heterocycles. The van der Waals surface area contributed by atoms with E-state index in [1.807, 2.05) is 0 Å². The van der Waals surface area contributed by atoms with Crippen molar-refractivity contribution < 1.29 is 4.74 Å². The molecule has 0 unspecified atom stereocenters. The van der Waals surface area contributed by atoms with Crippen molar-refractivity contribution in [2.24, 2.45) is 0 Å². The molecule has 1 N–H and O–H groups in total. The number of nitrogens with one attached hydrogen (secondary N) is 1. The average Bonchev–Trinajstić information content (AvgIpc) is 2.90. The van der Waals surface area contributed by atoms with Crippen LogP contribution in [0.4, 0.5) is 0 Å². The van der Waals surface area contributed by atoms with Gasteiger partial charge in [-0.3, -0.25) is 4.40 Å². The van der Waals surface area contributed by atoms with Gasteiger partial charge in [0.1, 0.15) is 0 Å². The maximum Gasteiger partial charge on any atom is 0.194 e. The molecule has 0 saturated carbocycles. The van der Waals surface area contributed by atoms with E-state index < -0.39 is 0 Å². The number of fused-ring (bicyclic) bond motifs is 1. The van der Waals surface area contributed by atoms with Gasteiger partial charge in [0.25, 0.3) is 0 Å². The van der Waals surface area contributed by atoms with Crippen LogP contribution in [-0.4, -0.2) is 29.1 Å². The number of ether oxygens (including phenoxy) is 1. The molecule has 0 bridgehead atoms. The van der Waals surface area contributed by atoms with Crippen molar-refractivity contribution in [1.29, 1.82) is 0 Å². The Bertz CT molecular complexity index is 477. The third kappa shape index (κ3) is 3.31. The van der Waals surface area contributed by atoms with Crippen LogP contribution in [0, 0.1) is 6.92 Å². The van der Waals surface area contributed by atoms with Crippen LogP contribution >= 0.6 is 11.3 Å². The van der Waals surface area contributed by atoms with Gasteiger partial charge in [-0.2, -0.15) is 0 Å². The van der Waals surface area contributed by atoms with Gasteiger partial charge in [-0.15, -0.1) is 11.3 Å². The van der Waals surface area contributed by atoms with Crippen molar-refractivity contribution >= 4 is 16.3 Å². The van der Waals surface area contributed by atoms with Crippen LogP contribution in [-0.2, 0) is 11.3 Å². The molecule has 0 aliphatic carbocycles. The number of thiazole rings is 1. The van der Waals surface area contributed by atoms with Gasteiger partial charge < -0.3 is 10.1 Å². The summed E-state index contributed by atoms with van der Waals surface area (Å²) in [6.07, 6.45) is 4.24. The number of hydrogen-bond donors (Lipinski definition) is 1. The lowest BCUT2D eigenvalue weighted by Crippen LogP contribution is -2.18. The molecule has 2 aromatic rings. The molecule has 5 heteroatoms. The fraction of sp³-hybridized carbons (Fsp3) is 0.615. The first-order chi connectivity index (χ1) is 8.83. The van der Waals surface area contributed by atoms with Crippen LogP contribution in [0.1, 0.15) is 31.2 Å². The predicted octanol–water partition coefficient (Wildman–Crippen LogP) is 2.61. The van der Waals surface area contributed by atoms with Gasteiger partial charge in [-0.25, -0.2) is 4.98 Å². The summed E-state index contributed by atoms with van der Waals surface area (Å²) in [5.74, 6) is 0. The molecule has 2 heterocycles. The van der Waals surface area contributed by atoms with Gasteiger partial charge in [0, 0.05) is 31.3 Å². The number of nitrogens with zero attached hydrogens (tertiary/aromatic N) is 2. The Morgan fingerprint density at radius 3 is 3.17 bits per heavy atom. The molecule has 2 aromatic heterocycles. The summed E-state index contributed by atoms with van der Waals surface area (Å²) in [4.78, 5) is 5.61. The van der Waals surface area contributed by atoms with Crippen LogP contribution in [0.3, 0.4) is 0 Å². The standard InChI is InChI=1S/C13H21N3OS/c1-3-7-17-8-4-5-14-10-12-11(2)15-13-16(12)6-9-18-13/h6,9,14H,3-5,7-8,10H2,1-2H3. The zero-order valence-electron chi connectivity index (χ0n) is 11.1. The largest absolute Gasteiger partial charge is 0.381 e. The Labute approximate surface area is 112 Å². The summed E-state index contributed by atoms with van der Waals surface area (Å²) in [6.45, 7) is 7.78. The summed E-state index contributed by atoms with van der Waals surface area (Å²) in [6, 6.07) is 0. The number of imidazole rings is 1. The normalized spacial score (nSPS) is 11.4. The van der Waals surface area contributed by atoms with E-state index in [2.05, 4.69) is 40.1 Å². The van der Waals surface area contributed by atoms with Gasteiger partial charge in [-0.1, -0.05) is 6.92 Å². The Morgan fingerprint density at radius 1 is 1.44 bits per heavy atom. The van der Waals surface area contributed by atoms with Crippen LogP contribution < -0.4 is 5.32 Å². The Morgan fingerprint density at radius 2 is 2.33 bits per heavy atom. The van der Waals surface area contributed by atoms with E-state index in [0.717, 1.165) is 49.8 Å². The Hall–Kier alpha value is -0.910. The first-order valence-electron chi connectivity index (χ1n) is 6.52. The first-order valence-corrected chi connectivity index (χ1v) is 7.40. The van der Waals surface area contributed by atoms with Gasteiger partial charge >= 0.3 is 0 Å². The fourth-order valence-electron chi connectivity index (χ4n) is 1.91. The molecule has 0 radical (unpaired) electrons. The van der Waals surface area contributed by atoms with E-state index in [4.69, 9.17) is 4.74 Å². The summed E-state index contributed by atoms with van der Waals surface area (Å²) < 4.78 is 7.61. The van der Waals surface area contributed by atoms with Crippen molar-refractivity contribution in [2.45, 2.75) is 33.2 Å². The Balaban J connectivity index is 1.73. The topological polar surface area (TPSA) is 38.6 Å². The summed E-state index contributed by atoms with van der Waals surface area (Å²) in [5, 5.41) is 5.52. The summed E-state index contributed by atoms with van der Waals surface area (Å²) in [5.41, 5.74) is 2.39. The van der Waals surface area contributed by atoms with Crippen molar-refractivity contribution in [3.8, 4) is 0 Å². The van der Waals surface area contributed by atoms with Crippen molar-refractivity contribution in [3.63, 3.8) is 0 Å². The van der Waals surface area contributed by atoms with Crippen molar-refractivity contribution in [1.82, 2.24) is 14.7 Å². The molecule has 2 rings (SSSR count). The monoisotopic (exact) mass is 267 g/mol. The molecule has 100 valence electrons. The maximum absolute atomic E-state index is 5.45. The highest BCUT2D eigenvalue weighted by Gasteiger charge is 2.08. The highest BCUT2D eigenvalue weighted by molar-refractivity contribution is 7.15. The van der Waals surface area contributed by atoms with E-state index >= 15 is 0 Å². The van der Waals surface area contributed by atoms with Gasteiger partial charge in [-0.05, 0) is 26.3 Å². The first kappa shape index (κ1) is 13.5. The highest BCUT2D eigenvalue weighted by Crippen LogP contribution is 2.16. The molecular weight excluding hydrogens is 246 g/mol. The van der Waals surface area contributed by atoms with Gasteiger partial charge in [0.2, 0.25) is 0 Å². The molecule has 18 heavy (non-hydrogen) atoms. The lowest BCUT2D eigenvalue weighted by atomic mass is 10.3. The summed E-state index contributed by atoms with van der Waals surface area (Å²) in [7, 11) is 0. The van der Waals surface area contributed by atoms with Crippen LogP contribution in [0.25, 0.3) is 4.96 Å². The van der Waals surface area contributed by atoms with Crippen molar-refractivity contribution in [3.05, 3.63) is 23.0 Å². The third-order valence-corrected chi connectivity index (χ3v) is 3.60. The number of aromatic nitrogens is 2. The molecular formula is C13H21N3OS. The second-order valence-corrected chi connectivity index (χ2v) is 5.22. The smallest absolute Gasteiger partial charge is 0.194 e. The number of aryl methyl sites for hydroxylation is 1. The highest BCUT2D eigenvalue weighted by atomic mass is 32.1. The number of rotatable bonds is 8. The molecule has 4 nitrogen and oxygen atoms in total. The minimum absolute atomic E-state index is 0.847. The van der Waals surface area contributed by atoms with Crippen molar-refractivity contribution in [2.75, 3.05) is 19.8 Å². The molecule has 0 saturated heterocycles. The Kier molecular flexibility index (Phi) is 5.16. The molecule has 0 spiro atoms.